The van der Waals surface area contributed by atoms with E-state index in [4.69, 9.17) is 56.8 Å². The molecule has 0 saturated heterocycles. The third-order valence-corrected chi connectivity index (χ3v) is 6.68. The minimum absolute atomic E-state index is 0.0227. The maximum absolute atomic E-state index is 9.99. The lowest BCUT2D eigenvalue weighted by atomic mass is 10.0. The van der Waals surface area contributed by atoms with Gasteiger partial charge < -0.3 is 77.3 Å². The van der Waals surface area contributed by atoms with Crippen LogP contribution in [0.5, 0.6) is 23.0 Å². The highest BCUT2D eigenvalue weighted by Gasteiger charge is 2.16. The Morgan fingerprint density at radius 1 is 0.380 bits per heavy atom. The Morgan fingerprint density at radius 3 is 0.800 bits per heavy atom. The number of aliphatic hydroxyl groups excluding tert-OH is 4. The molecule has 50 heavy (non-hydrogen) atoms. The number of aliphatic hydroxyl groups is 4. The molecule has 0 spiro atoms. The lowest BCUT2D eigenvalue weighted by Crippen LogP contribution is -2.22. The third-order valence-electron chi connectivity index (χ3n) is 6.68. The van der Waals surface area contributed by atoms with Gasteiger partial charge in [-0.05, 0) is 85.6 Å². The summed E-state index contributed by atoms with van der Waals surface area (Å²) in [6.45, 7) is 7.53. The Morgan fingerprint density at radius 2 is 0.600 bits per heavy atom. The minimum atomic E-state index is -1.20. The number of hydrogen-bond donors (Lipinski definition) is 4. The maximum Gasteiger partial charge on any atom is 0.192 e. The van der Waals surface area contributed by atoms with Gasteiger partial charge in [0.2, 0.25) is 0 Å². The molecule has 0 aliphatic rings. The van der Waals surface area contributed by atoms with Gasteiger partial charge in [-0.3, -0.25) is 0 Å². The molecule has 16 nitrogen and oxygen atoms in total. The van der Waals surface area contributed by atoms with Gasteiger partial charge in [-0.1, -0.05) is 0 Å². The molecule has 4 N–H and O–H groups in total. The van der Waals surface area contributed by atoms with Crippen LogP contribution in [0.25, 0.3) is 21.5 Å². The first-order valence-electron chi connectivity index (χ1n) is 16.3. The number of fused-ring (bicyclic) bond motifs is 2. The van der Waals surface area contributed by atoms with Gasteiger partial charge in [-0.25, -0.2) is 0 Å². The van der Waals surface area contributed by atoms with Crippen LogP contribution in [-0.2, 0) is 37.9 Å². The summed E-state index contributed by atoms with van der Waals surface area (Å²) in [6, 6.07) is 10.7. The van der Waals surface area contributed by atoms with Crippen LogP contribution in [0.15, 0.2) is 36.4 Å². The van der Waals surface area contributed by atoms with Crippen LogP contribution in [-0.4, -0.2) is 126 Å². The molecule has 0 saturated carbocycles. The number of hydrogen-bond acceptors (Lipinski definition) is 16. The van der Waals surface area contributed by atoms with E-state index in [1.165, 1.54) is 0 Å². The molecule has 0 heterocycles. The molecule has 3 rings (SSSR count). The van der Waals surface area contributed by atoms with Crippen LogP contribution in [0.2, 0.25) is 0 Å². The second-order valence-corrected chi connectivity index (χ2v) is 10.3. The fourth-order valence-electron chi connectivity index (χ4n) is 4.24. The highest BCUT2D eigenvalue weighted by atomic mass is 16.7. The monoisotopic (exact) mass is 714 g/mol. The average Bonchev–Trinajstić information content (AvgIpc) is 3.10. The fraction of sp³-hybridized carbons (Fsp3) is 0.588. The Labute approximate surface area is 291 Å². The summed E-state index contributed by atoms with van der Waals surface area (Å²) in [5, 5.41) is 43.0. The molecule has 3 aromatic rings. The van der Waals surface area contributed by atoms with E-state index in [1.807, 2.05) is 12.1 Å². The van der Waals surface area contributed by atoms with Crippen LogP contribution < -0.4 is 18.9 Å². The van der Waals surface area contributed by atoms with Crippen LogP contribution in [0.3, 0.4) is 0 Å². The average molecular weight is 715 g/mol. The first kappa shape index (κ1) is 41.3. The largest absolute Gasteiger partial charge is 0.464 e. The van der Waals surface area contributed by atoms with Crippen molar-refractivity contribution in [3.8, 4) is 23.0 Å². The third kappa shape index (κ3) is 14.6. The van der Waals surface area contributed by atoms with E-state index < -0.39 is 25.2 Å². The molecular formula is C34H50O16. The molecule has 282 valence electrons. The zero-order valence-electron chi connectivity index (χ0n) is 28.9. The molecule has 3 aromatic carbocycles. The van der Waals surface area contributed by atoms with E-state index in [0.29, 0.717) is 26.4 Å². The van der Waals surface area contributed by atoms with Gasteiger partial charge in [0.1, 0.15) is 0 Å². The van der Waals surface area contributed by atoms with Crippen LogP contribution in [0, 0.1) is 0 Å². The van der Waals surface area contributed by atoms with Gasteiger partial charge in [0.05, 0.1) is 26.4 Å². The number of rotatable bonds is 28. The van der Waals surface area contributed by atoms with E-state index in [0.717, 1.165) is 21.5 Å². The molecule has 0 amide bonds. The van der Waals surface area contributed by atoms with Crippen molar-refractivity contribution < 1.29 is 77.3 Å². The van der Waals surface area contributed by atoms with Crippen molar-refractivity contribution in [2.75, 3.05) is 80.0 Å². The zero-order valence-corrected chi connectivity index (χ0v) is 28.9. The van der Waals surface area contributed by atoms with Gasteiger partial charge in [0, 0.05) is 26.4 Å². The van der Waals surface area contributed by atoms with Gasteiger partial charge in [-0.15, -0.1) is 0 Å². The second kappa shape index (κ2) is 23.4. The fourth-order valence-corrected chi connectivity index (χ4v) is 4.24. The van der Waals surface area contributed by atoms with Gasteiger partial charge in [0.25, 0.3) is 0 Å². The van der Waals surface area contributed by atoms with Crippen molar-refractivity contribution in [3.63, 3.8) is 0 Å². The van der Waals surface area contributed by atoms with Gasteiger partial charge in [0.15, 0.2) is 75.3 Å². The second-order valence-electron chi connectivity index (χ2n) is 10.3. The molecule has 0 fully saturated rings. The predicted molar refractivity (Wildman–Crippen MR) is 178 cm³/mol. The standard InChI is InChI=1S/C34H50O16/c1-5-39-15-31(35)47-19-43-27-11-23-9-25-13-29(45-21-49-33(37)17-41-7-3)30(46-22-50-34(38)18-42-8-4)14-26(25)10-24(23)12-28(27)44-20-48-32(36)16-40-6-2/h9-14,31-38H,5-8,15-22H2,1-4H3. The van der Waals surface area contributed by atoms with E-state index in [-0.39, 0.29) is 76.6 Å². The predicted octanol–water partition coefficient (Wildman–Crippen LogP) is 2.82. The SMILES string of the molecule is CCOCC(O)OCOc1cc2cc3cc(OCOC(O)COCC)c(OCOC(O)COCC)cc3cc2cc1OCOC(O)COCC. The maximum atomic E-state index is 9.99. The van der Waals surface area contributed by atoms with Crippen molar-refractivity contribution in [1.29, 1.82) is 0 Å². The summed E-state index contributed by atoms with van der Waals surface area (Å²) in [4.78, 5) is 0. The summed E-state index contributed by atoms with van der Waals surface area (Å²) >= 11 is 0. The summed E-state index contributed by atoms with van der Waals surface area (Å²) in [7, 11) is 0. The first-order valence-corrected chi connectivity index (χ1v) is 16.3. The van der Waals surface area contributed by atoms with Crippen molar-refractivity contribution >= 4 is 21.5 Å². The lowest BCUT2D eigenvalue weighted by Gasteiger charge is -2.18. The summed E-state index contributed by atoms with van der Waals surface area (Å²) < 4.78 is 65.2. The van der Waals surface area contributed by atoms with Gasteiger partial charge in [-0.2, -0.15) is 0 Å². The molecule has 0 aromatic heterocycles. The number of benzene rings is 3. The van der Waals surface area contributed by atoms with Crippen LogP contribution >= 0.6 is 0 Å². The van der Waals surface area contributed by atoms with Crippen LogP contribution in [0.1, 0.15) is 27.7 Å². The van der Waals surface area contributed by atoms with Crippen LogP contribution in [0.4, 0.5) is 0 Å². The Balaban J connectivity index is 1.90. The minimum Gasteiger partial charge on any atom is -0.464 e. The van der Waals surface area contributed by atoms with Crippen molar-refractivity contribution in [2.45, 2.75) is 52.9 Å². The molecule has 0 aliphatic carbocycles. The Hall–Kier alpha value is -3.10. The molecule has 0 aliphatic heterocycles. The van der Waals surface area contributed by atoms with Crippen molar-refractivity contribution in [3.05, 3.63) is 36.4 Å². The summed E-state index contributed by atoms with van der Waals surface area (Å²) in [5.74, 6) is 1.11. The number of ether oxygens (including phenoxy) is 12. The normalized spacial score (nSPS) is 14.1. The lowest BCUT2D eigenvalue weighted by molar-refractivity contribution is -0.173. The van der Waals surface area contributed by atoms with Gasteiger partial charge >= 0.3 is 0 Å². The Bertz CT molecular complexity index is 1170. The molecule has 4 unspecified atom stereocenters. The molecule has 0 bridgehead atoms. The van der Waals surface area contributed by atoms with E-state index >= 15 is 0 Å². The topological polar surface area (TPSA) is 192 Å². The highest BCUT2D eigenvalue weighted by Crippen LogP contribution is 2.38. The molecular weight excluding hydrogens is 664 g/mol. The van der Waals surface area contributed by atoms with Crippen molar-refractivity contribution in [1.82, 2.24) is 0 Å². The highest BCUT2D eigenvalue weighted by molar-refractivity contribution is 6.00. The van der Waals surface area contributed by atoms with Crippen molar-refractivity contribution in [2.24, 2.45) is 0 Å². The first-order chi connectivity index (χ1) is 24.3. The van der Waals surface area contributed by atoms with E-state index in [1.54, 1.807) is 52.0 Å². The molecule has 0 radical (unpaired) electrons. The van der Waals surface area contributed by atoms with E-state index in [9.17, 15) is 20.4 Å². The Kier molecular flexibility index (Phi) is 19.3. The zero-order chi connectivity index (χ0) is 36.1. The molecule has 4 atom stereocenters. The quantitative estimate of drug-likeness (QED) is 0.0634. The summed E-state index contributed by atoms with van der Waals surface area (Å²) in [6.07, 6.45) is -4.78. The van der Waals surface area contributed by atoms with E-state index in [2.05, 4.69) is 0 Å². The summed E-state index contributed by atoms with van der Waals surface area (Å²) in [5.41, 5.74) is 0. The molecule has 16 heteroatoms. The smallest absolute Gasteiger partial charge is 0.192 e.